The van der Waals surface area contributed by atoms with Crippen LogP contribution < -0.4 is 9.80 Å². The predicted molar refractivity (Wildman–Crippen MR) is 155 cm³/mol. The molecule has 10 heteroatoms. The summed E-state index contributed by atoms with van der Waals surface area (Å²) in [6.45, 7) is 7.31. The summed E-state index contributed by atoms with van der Waals surface area (Å²) < 4.78 is 60.2. The Morgan fingerprint density at radius 1 is 0.951 bits per heavy atom. The number of H-pyrrole nitrogens is 1. The van der Waals surface area contributed by atoms with Gasteiger partial charge >= 0.3 is 6.18 Å². The fourth-order valence-corrected chi connectivity index (χ4v) is 5.60. The first kappa shape index (κ1) is 28.9. The minimum absolute atomic E-state index is 0.0282. The van der Waals surface area contributed by atoms with Crippen molar-refractivity contribution < 1.29 is 22.3 Å². The molecule has 0 atom stereocenters. The summed E-state index contributed by atoms with van der Waals surface area (Å²) in [5.41, 5.74) is 2.63. The second-order valence-electron chi connectivity index (χ2n) is 11.6. The number of fused-ring (bicyclic) bond motifs is 1. The highest BCUT2D eigenvalue weighted by Crippen LogP contribution is 2.36. The number of hydrogen-bond donors (Lipinski definition) is 1. The van der Waals surface area contributed by atoms with Crippen LogP contribution in [-0.2, 0) is 10.9 Å². The van der Waals surface area contributed by atoms with Gasteiger partial charge in [-0.1, -0.05) is 13.8 Å². The number of aromatic amines is 1. The number of anilines is 2. The molecule has 0 saturated carbocycles. The van der Waals surface area contributed by atoms with Crippen LogP contribution in [0, 0.1) is 11.2 Å². The number of hydrogen-bond acceptors (Lipinski definition) is 5. The van der Waals surface area contributed by atoms with Gasteiger partial charge in [0.25, 0.3) is 0 Å². The van der Waals surface area contributed by atoms with Gasteiger partial charge in [0.15, 0.2) is 5.65 Å². The van der Waals surface area contributed by atoms with E-state index >= 15 is 0 Å². The Hall–Kier alpha value is -3.66. The van der Waals surface area contributed by atoms with E-state index < -0.39 is 17.6 Å². The van der Waals surface area contributed by atoms with Gasteiger partial charge in [-0.25, -0.2) is 14.4 Å². The third-order valence-electron chi connectivity index (χ3n) is 7.43. The molecule has 6 nitrogen and oxygen atoms in total. The molecule has 1 N–H and O–H groups in total. The summed E-state index contributed by atoms with van der Waals surface area (Å²) in [5, 5.41) is 0. The number of benzene rings is 2. The predicted octanol–water partition coefficient (Wildman–Crippen LogP) is 7.55. The summed E-state index contributed by atoms with van der Waals surface area (Å²) in [6.07, 6.45) is -1.06. The molecular formula is C31H35F4N5O. The third kappa shape index (κ3) is 6.48. The number of methoxy groups -OCH3 is 1. The molecule has 0 radical (unpaired) electrons. The Kier molecular flexibility index (Phi) is 7.96. The van der Waals surface area contributed by atoms with Crippen molar-refractivity contribution in [1.82, 2.24) is 15.0 Å². The molecule has 1 saturated heterocycles. The van der Waals surface area contributed by atoms with Crippen LogP contribution in [0.1, 0.15) is 38.7 Å². The molecule has 0 spiro atoms. The third-order valence-corrected chi connectivity index (χ3v) is 7.43. The zero-order valence-electron chi connectivity index (χ0n) is 23.8. The van der Waals surface area contributed by atoms with E-state index in [0.717, 1.165) is 36.5 Å². The van der Waals surface area contributed by atoms with Crippen molar-refractivity contribution in [2.45, 2.75) is 39.3 Å². The smallest absolute Gasteiger partial charge is 0.384 e. The van der Waals surface area contributed by atoms with E-state index in [1.807, 2.05) is 24.1 Å². The SMILES string of the molecule is COCC(C)(C)CN(C)c1cc(-c2cc(F)cc(C(F)(F)F)c2)nc2nc(-c3ccc(N4CCCCC4)cc3)[nH]c12. The van der Waals surface area contributed by atoms with E-state index in [0.29, 0.717) is 41.9 Å². The molecule has 4 aromatic rings. The molecule has 1 aliphatic rings. The second kappa shape index (κ2) is 11.3. The minimum atomic E-state index is -4.69. The number of nitrogens with one attached hydrogen (secondary N) is 1. The van der Waals surface area contributed by atoms with Crippen LogP contribution in [-0.4, -0.2) is 55.4 Å². The maximum absolute atomic E-state index is 14.3. The summed E-state index contributed by atoms with van der Waals surface area (Å²) in [7, 11) is 3.54. The van der Waals surface area contributed by atoms with Gasteiger partial charge in [-0.15, -0.1) is 0 Å². The second-order valence-corrected chi connectivity index (χ2v) is 11.6. The number of alkyl halides is 3. The van der Waals surface area contributed by atoms with Gasteiger partial charge in [0.2, 0.25) is 0 Å². The highest BCUT2D eigenvalue weighted by molar-refractivity contribution is 5.91. The maximum atomic E-state index is 14.3. The summed E-state index contributed by atoms with van der Waals surface area (Å²) in [5.74, 6) is -0.389. The number of rotatable bonds is 8. The van der Waals surface area contributed by atoms with E-state index in [1.165, 1.54) is 19.3 Å². The Bertz CT molecular complexity index is 1510. The average molecular weight is 570 g/mol. The van der Waals surface area contributed by atoms with Crippen LogP contribution in [0.4, 0.5) is 28.9 Å². The molecule has 0 aliphatic carbocycles. The molecule has 0 unspecified atom stereocenters. The van der Waals surface area contributed by atoms with E-state index in [9.17, 15) is 17.6 Å². The number of nitrogens with zero attached hydrogens (tertiary/aromatic N) is 4. The largest absolute Gasteiger partial charge is 0.416 e. The first-order chi connectivity index (χ1) is 19.4. The lowest BCUT2D eigenvalue weighted by molar-refractivity contribution is -0.137. The molecule has 1 aliphatic heterocycles. The number of pyridine rings is 1. The molecule has 2 aromatic heterocycles. The van der Waals surface area contributed by atoms with Gasteiger partial charge in [0.05, 0.1) is 23.6 Å². The highest BCUT2D eigenvalue weighted by Gasteiger charge is 2.32. The number of aromatic nitrogens is 3. The summed E-state index contributed by atoms with van der Waals surface area (Å²) in [4.78, 5) is 17.1. The lowest BCUT2D eigenvalue weighted by Gasteiger charge is -2.31. The van der Waals surface area contributed by atoms with Crippen molar-refractivity contribution in [1.29, 1.82) is 0 Å². The average Bonchev–Trinajstić information content (AvgIpc) is 3.36. The Balaban J connectivity index is 1.59. The van der Waals surface area contributed by atoms with Crippen molar-refractivity contribution in [2.24, 2.45) is 5.41 Å². The highest BCUT2D eigenvalue weighted by atomic mass is 19.4. The maximum Gasteiger partial charge on any atom is 0.416 e. The topological polar surface area (TPSA) is 57.3 Å². The number of halogens is 4. The number of imidazole rings is 1. The Labute approximate surface area is 237 Å². The van der Waals surface area contributed by atoms with Gasteiger partial charge in [0, 0.05) is 56.0 Å². The van der Waals surface area contributed by atoms with E-state index in [1.54, 1.807) is 13.2 Å². The van der Waals surface area contributed by atoms with Crippen molar-refractivity contribution in [3.63, 3.8) is 0 Å². The molecule has 5 rings (SSSR count). The van der Waals surface area contributed by atoms with Gasteiger partial charge < -0.3 is 19.5 Å². The molecule has 2 aromatic carbocycles. The zero-order valence-corrected chi connectivity index (χ0v) is 23.8. The van der Waals surface area contributed by atoms with Gasteiger partial charge in [-0.3, -0.25) is 0 Å². The normalized spacial score (nSPS) is 14.6. The minimum Gasteiger partial charge on any atom is -0.384 e. The molecule has 218 valence electrons. The molecule has 0 bridgehead atoms. The molecule has 41 heavy (non-hydrogen) atoms. The van der Waals surface area contributed by atoms with Crippen LogP contribution >= 0.6 is 0 Å². The van der Waals surface area contributed by atoms with Crippen molar-refractivity contribution in [3.05, 3.63) is 59.9 Å². The van der Waals surface area contributed by atoms with Crippen LogP contribution in [0.5, 0.6) is 0 Å². The number of ether oxygens (including phenoxy) is 1. The van der Waals surface area contributed by atoms with E-state index in [4.69, 9.17) is 9.72 Å². The standard InChI is InChI=1S/C31H35F4N5O/c1-30(2,19-41-4)18-39(3)26-17-25(21-14-22(31(33,34)35)16-23(32)15-21)36-29-27(26)37-28(38-29)20-8-10-24(11-9-20)40-12-6-5-7-13-40/h8-11,14-17H,5-7,12-13,18-19H2,1-4H3,(H,36,37,38). The fourth-order valence-electron chi connectivity index (χ4n) is 5.60. The fraction of sp³-hybridized carbons (Fsp3) is 0.419. The lowest BCUT2D eigenvalue weighted by Crippen LogP contribution is -2.34. The van der Waals surface area contributed by atoms with Crippen LogP contribution in [0.25, 0.3) is 33.8 Å². The molecular weight excluding hydrogens is 534 g/mol. The number of piperidine rings is 1. The van der Waals surface area contributed by atoms with Crippen molar-refractivity contribution >= 4 is 22.5 Å². The molecule has 3 heterocycles. The van der Waals surface area contributed by atoms with Crippen molar-refractivity contribution in [3.8, 4) is 22.6 Å². The Morgan fingerprint density at radius 2 is 1.66 bits per heavy atom. The molecule has 1 fully saturated rings. The first-order valence-electron chi connectivity index (χ1n) is 13.8. The first-order valence-corrected chi connectivity index (χ1v) is 13.8. The molecule has 0 amide bonds. The van der Waals surface area contributed by atoms with Crippen LogP contribution in [0.3, 0.4) is 0 Å². The monoisotopic (exact) mass is 569 g/mol. The zero-order chi connectivity index (χ0) is 29.4. The summed E-state index contributed by atoms with van der Waals surface area (Å²) in [6, 6.07) is 12.3. The quantitative estimate of drug-likeness (QED) is 0.222. The van der Waals surface area contributed by atoms with Gasteiger partial charge in [-0.05, 0) is 67.8 Å². The summed E-state index contributed by atoms with van der Waals surface area (Å²) >= 11 is 0. The van der Waals surface area contributed by atoms with Gasteiger partial charge in [0.1, 0.15) is 17.2 Å². The Morgan fingerprint density at radius 3 is 2.32 bits per heavy atom. The van der Waals surface area contributed by atoms with Gasteiger partial charge in [-0.2, -0.15) is 13.2 Å². The van der Waals surface area contributed by atoms with Crippen LogP contribution in [0.2, 0.25) is 0 Å². The van der Waals surface area contributed by atoms with Crippen molar-refractivity contribution in [2.75, 3.05) is 50.2 Å². The van der Waals surface area contributed by atoms with Crippen LogP contribution in [0.15, 0.2) is 48.5 Å². The lowest BCUT2D eigenvalue weighted by atomic mass is 9.94. The van der Waals surface area contributed by atoms with E-state index in [2.05, 4.69) is 40.8 Å². The van der Waals surface area contributed by atoms with E-state index in [-0.39, 0.29) is 16.7 Å².